The second kappa shape index (κ2) is 15.3. The first kappa shape index (κ1) is 31.6. The molecule has 8 heteroatoms. The van der Waals surface area contributed by atoms with Crippen LogP contribution in [0.1, 0.15) is 33.5 Å². The van der Waals surface area contributed by atoms with Gasteiger partial charge in [0.2, 0.25) is 0 Å². The molecule has 1 N–H and O–H groups in total. The number of ketones is 1. The summed E-state index contributed by atoms with van der Waals surface area (Å²) in [5.74, 6) is -0.441. The number of carbonyl (C=O) groups is 2. The van der Waals surface area contributed by atoms with Crippen LogP contribution >= 0.6 is 11.8 Å². The number of rotatable bonds is 13. The Balaban J connectivity index is 1.50. The lowest BCUT2D eigenvalue weighted by Crippen LogP contribution is -2.42. The minimum atomic E-state index is -0.661. The fourth-order valence-electron chi connectivity index (χ4n) is 5.09. The van der Waals surface area contributed by atoms with Crippen molar-refractivity contribution < 1.29 is 18.4 Å². The van der Waals surface area contributed by atoms with Crippen molar-refractivity contribution in [3.63, 3.8) is 0 Å². The van der Waals surface area contributed by atoms with Gasteiger partial charge in [0.25, 0.3) is 5.91 Å². The van der Waals surface area contributed by atoms with E-state index in [2.05, 4.69) is 10.3 Å². The van der Waals surface area contributed by atoms with Crippen molar-refractivity contribution in [1.82, 2.24) is 14.9 Å². The maximum Gasteiger partial charge on any atom is 0.252 e. The summed E-state index contributed by atoms with van der Waals surface area (Å²) >= 11 is 1.61. The van der Waals surface area contributed by atoms with Crippen LogP contribution in [0.2, 0.25) is 0 Å². The summed E-state index contributed by atoms with van der Waals surface area (Å²) in [4.78, 5) is 31.3. The molecule has 5 aromatic rings. The van der Waals surface area contributed by atoms with Crippen LogP contribution in [0.5, 0.6) is 0 Å². The molecule has 5 nitrogen and oxygen atoms in total. The lowest BCUT2D eigenvalue weighted by molar-refractivity contribution is -0.120. The summed E-state index contributed by atoms with van der Waals surface area (Å²) in [5, 5.41) is 2.99. The first-order valence-electron chi connectivity index (χ1n) is 14.6. The Hall–Kier alpha value is -4.82. The number of nitrogens with zero attached hydrogens (tertiary/aromatic N) is 2. The molecule has 0 unspecified atom stereocenters. The molecule has 0 fully saturated rings. The number of benzene rings is 4. The number of imidazole rings is 1. The van der Waals surface area contributed by atoms with Crippen molar-refractivity contribution in [1.29, 1.82) is 0 Å². The molecule has 0 aliphatic heterocycles. The van der Waals surface area contributed by atoms with Gasteiger partial charge in [-0.3, -0.25) is 9.59 Å². The van der Waals surface area contributed by atoms with Crippen LogP contribution in [0.4, 0.5) is 8.78 Å². The van der Waals surface area contributed by atoms with E-state index in [1.165, 1.54) is 24.3 Å². The normalized spacial score (nSPS) is 12.1. The average Bonchev–Trinajstić information content (AvgIpc) is 3.57. The van der Waals surface area contributed by atoms with Gasteiger partial charge in [0.1, 0.15) is 11.6 Å². The van der Waals surface area contributed by atoms with Crippen LogP contribution in [0.3, 0.4) is 0 Å². The fraction of sp³-hybridized carbons (Fsp3) is 0.162. The molecule has 1 aromatic heterocycles. The van der Waals surface area contributed by atoms with Gasteiger partial charge >= 0.3 is 0 Å². The Morgan fingerprint density at radius 3 is 2.31 bits per heavy atom. The van der Waals surface area contributed by atoms with Crippen LogP contribution in [0.25, 0.3) is 22.8 Å². The molecule has 1 atom stereocenters. The quantitative estimate of drug-likeness (QED) is 0.137. The van der Waals surface area contributed by atoms with E-state index in [9.17, 15) is 18.4 Å². The van der Waals surface area contributed by atoms with Gasteiger partial charge in [0.15, 0.2) is 5.78 Å². The Labute approximate surface area is 266 Å². The van der Waals surface area contributed by atoms with Crippen LogP contribution in [0.15, 0.2) is 116 Å². The van der Waals surface area contributed by atoms with E-state index in [4.69, 9.17) is 0 Å². The smallest absolute Gasteiger partial charge is 0.252 e. The largest absolute Gasteiger partial charge is 0.342 e. The number of thioether (sulfide) groups is 1. The van der Waals surface area contributed by atoms with E-state index in [0.29, 0.717) is 35.4 Å². The van der Waals surface area contributed by atoms with E-state index in [1.807, 2.05) is 65.6 Å². The lowest BCUT2D eigenvalue weighted by atomic mass is 9.94. The molecule has 0 spiro atoms. The van der Waals surface area contributed by atoms with Crippen molar-refractivity contribution in [2.75, 3.05) is 12.0 Å². The molecule has 0 saturated carbocycles. The number of Topliss-reactive ketones (excluding diaryl/α,β-unsaturated/α-hetero) is 1. The van der Waals surface area contributed by atoms with E-state index < -0.39 is 6.04 Å². The van der Waals surface area contributed by atoms with Gasteiger partial charge in [-0.1, -0.05) is 60.7 Å². The number of nitrogens with one attached hydrogen (secondary N) is 1. The highest BCUT2D eigenvalue weighted by atomic mass is 32.2. The monoisotopic (exact) mass is 621 g/mol. The summed E-state index contributed by atoms with van der Waals surface area (Å²) in [5.41, 5.74) is 5.06. The van der Waals surface area contributed by atoms with Crippen LogP contribution < -0.4 is 5.32 Å². The third-order valence-electron chi connectivity index (χ3n) is 7.44. The molecule has 0 aliphatic rings. The number of aromatic nitrogens is 2. The predicted octanol–water partition coefficient (Wildman–Crippen LogP) is 7.73. The number of halogens is 2. The Morgan fingerprint density at radius 2 is 1.64 bits per heavy atom. The first-order valence-corrected chi connectivity index (χ1v) is 16.0. The van der Waals surface area contributed by atoms with E-state index in [0.717, 1.165) is 22.3 Å². The van der Waals surface area contributed by atoms with E-state index in [1.54, 1.807) is 54.6 Å². The van der Waals surface area contributed by atoms with Crippen molar-refractivity contribution in [2.45, 2.75) is 25.4 Å². The summed E-state index contributed by atoms with van der Waals surface area (Å²) in [6, 6.07) is 26.5. The van der Waals surface area contributed by atoms with Gasteiger partial charge in [0, 0.05) is 30.9 Å². The number of allylic oxidation sites excluding steroid dienone is 1. The molecule has 1 heterocycles. The van der Waals surface area contributed by atoms with Crippen molar-refractivity contribution >= 4 is 35.1 Å². The predicted molar refractivity (Wildman–Crippen MR) is 178 cm³/mol. The molecule has 0 aliphatic carbocycles. The zero-order chi connectivity index (χ0) is 31.6. The maximum atomic E-state index is 13.9. The van der Waals surface area contributed by atoms with E-state index >= 15 is 0 Å². The van der Waals surface area contributed by atoms with Crippen LogP contribution in [-0.4, -0.2) is 39.3 Å². The Morgan fingerprint density at radius 1 is 0.933 bits per heavy atom. The summed E-state index contributed by atoms with van der Waals surface area (Å²) in [6.45, 7) is 0.487. The minimum absolute atomic E-state index is 0.0603. The molecule has 228 valence electrons. The molecule has 0 bridgehead atoms. The topological polar surface area (TPSA) is 64.0 Å². The molecule has 45 heavy (non-hydrogen) atoms. The third-order valence-corrected chi connectivity index (χ3v) is 8.08. The standard InChI is InChI=1S/C37H33F2N3O2S/c1-45-20-17-35(36(43)23-26-5-3-2-4-6-26)41-37(44)33-16-7-27(22-34(33)29-10-14-32(39)15-11-29)21-30(24-42-19-18-40-25-42)28-8-12-31(38)13-9-28/h2-16,18-19,21-22,25,35H,17,20,23-24H2,1H3,(H,41,44)/b30-21-/t35-/m0/s1. The van der Waals surface area contributed by atoms with Crippen molar-refractivity contribution in [3.05, 3.63) is 150 Å². The molecule has 0 saturated heterocycles. The van der Waals surface area contributed by atoms with Crippen molar-refractivity contribution in [3.8, 4) is 11.1 Å². The van der Waals surface area contributed by atoms with Gasteiger partial charge in [-0.2, -0.15) is 11.8 Å². The highest BCUT2D eigenvalue weighted by Crippen LogP contribution is 2.29. The average molecular weight is 622 g/mol. The zero-order valence-electron chi connectivity index (χ0n) is 24.8. The molecular weight excluding hydrogens is 588 g/mol. The fourth-order valence-corrected chi connectivity index (χ4v) is 5.56. The van der Waals surface area contributed by atoms with Gasteiger partial charge in [0.05, 0.1) is 12.4 Å². The highest BCUT2D eigenvalue weighted by Gasteiger charge is 2.23. The molecule has 4 aromatic carbocycles. The second-order valence-corrected chi connectivity index (χ2v) is 11.6. The van der Waals surface area contributed by atoms with Crippen molar-refractivity contribution in [2.24, 2.45) is 0 Å². The number of hydrogen-bond donors (Lipinski definition) is 1. The Bertz CT molecular complexity index is 1750. The highest BCUT2D eigenvalue weighted by molar-refractivity contribution is 7.98. The summed E-state index contributed by atoms with van der Waals surface area (Å²) in [7, 11) is 0. The minimum Gasteiger partial charge on any atom is -0.342 e. The van der Waals surface area contributed by atoms with Gasteiger partial charge in [-0.05, 0) is 94.3 Å². The maximum absolute atomic E-state index is 13.9. The van der Waals surface area contributed by atoms with Gasteiger partial charge < -0.3 is 9.88 Å². The Kier molecular flexibility index (Phi) is 10.7. The molecule has 5 rings (SSSR count). The summed E-state index contributed by atoms with van der Waals surface area (Å²) < 4.78 is 29.6. The number of hydrogen-bond acceptors (Lipinski definition) is 4. The SMILES string of the molecule is CSCC[C@H](NC(=O)c1ccc(/C=C(/Cn2ccnc2)c2ccc(F)cc2)cc1-c1ccc(F)cc1)C(=O)Cc1ccccc1. The lowest BCUT2D eigenvalue weighted by Gasteiger charge is -2.19. The third kappa shape index (κ3) is 8.64. The number of amides is 1. The molecule has 0 radical (unpaired) electrons. The van der Waals surface area contributed by atoms with E-state index in [-0.39, 0.29) is 29.7 Å². The zero-order valence-corrected chi connectivity index (χ0v) is 25.6. The van der Waals surface area contributed by atoms with Gasteiger partial charge in [-0.25, -0.2) is 13.8 Å². The second-order valence-electron chi connectivity index (χ2n) is 10.7. The summed E-state index contributed by atoms with van der Waals surface area (Å²) in [6.07, 6.45) is 9.92. The number of carbonyl (C=O) groups excluding carboxylic acids is 2. The molecular formula is C37H33F2N3O2S. The van der Waals surface area contributed by atoms with Crippen LogP contribution in [-0.2, 0) is 17.8 Å². The molecule has 1 amide bonds. The van der Waals surface area contributed by atoms with Gasteiger partial charge in [-0.15, -0.1) is 0 Å². The first-order chi connectivity index (χ1) is 21.9. The van der Waals surface area contributed by atoms with Crippen LogP contribution in [0, 0.1) is 11.6 Å².